The van der Waals surface area contributed by atoms with Crippen LogP contribution in [0.1, 0.15) is 17.9 Å². The molecule has 2 heteroatoms. The van der Waals surface area contributed by atoms with Crippen molar-refractivity contribution in [3.8, 4) is 0 Å². The summed E-state index contributed by atoms with van der Waals surface area (Å²) in [4.78, 5) is 11.1. The van der Waals surface area contributed by atoms with Crippen LogP contribution in [0.5, 0.6) is 0 Å². The second-order valence-corrected chi connectivity index (χ2v) is 3.80. The number of rotatable bonds is 2. The van der Waals surface area contributed by atoms with Gasteiger partial charge in [-0.3, -0.25) is 4.79 Å². The number of allylic oxidation sites excluding steroid dienone is 1. The molecule has 0 unspecified atom stereocenters. The van der Waals surface area contributed by atoms with Crippen LogP contribution >= 0.6 is 0 Å². The number of benzene rings is 1. The molecule has 2 nitrogen and oxygen atoms in total. The third-order valence-corrected chi connectivity index (χ3v) is 2.87. The zero-order valence-corrected chi connectivity index (χ0v) is 8.56. The Morgan fingerprint density at radius 1 is 1.33 bits per heavy atom. The zero-order valence-electron chi connectivity index (χ0n) is 8.56. The monoisotopic (exact) mass is 202 g/mol. The lowest BCUT2D eigenvalue weighted by Gasteiger charge is -2.28. The van der Waals surface area contributed by atoms with E-state index in [4.69, 9.17) is 4.74 Å². The van der Waals surface area contributed by atoms with E-state index in [-0.39, 0.29) is 17.8 Å². The fourth-order valence-corrected chi connectivity index (χ4v) is 1.99. The lowest BCUT2D eigenvalue weighted by molar-refractivity contribution is -0.149. The second kappa shape index (κ2) is 4.30. The summed E-state index contributed by atoms with van der Waals surface area (Å²) < 4.78 is 5.09. The van der Waals surface area contributed by atoms with E-state index in [0.717, 1.165) is 0 Å². The molecule has 0 bridgehead atoms. The molecule has 0 aromatic heterocycles. The normalized spacial score (nSPS) is 25.7. The van der Waals surface area contributed by atoms with E-state index in [1.807, 2.05) is 24.3 Å². The van der Waals surface area contributed by atoms with Crippen molar-refractivity contribution in [2.45, 2.75) is 12.3 Å². The fraction of sp³-hybridized carbons (Fsp3) is 0.308. The molecular weight excluding hydrogens is 188 g/mol. The molecule has 0 spiro atoms. The topological polar surface area (TPSA) is 26.3 Å². The highest BCUT2D eigenvalue weighted by Gasteiger charge is 2.29. The van der Waals surface area contributed by atoms with Gasteiger partial charge in [-0.2, -0.15) is 0 Å². The molecule has 2 atom stereocenters. The zero-order chi connectivity index (χ0) is 10.7. The molecule has 2 rings (SSSR count). The first-order chi connectivity index (χ1) is 7.31. The fourth-order valence-electron chi connectivity index (χ4n) is 1.99. The minimum absolute atomic E-state index is 0.118. The van der Waals surface area contributed by atoms with Gasteiger partial charge >= 0.3 is 5.97 Å². The molecule has 1 saturated heterocycles. The van der Waals surface area contributed by atoms with E-state index in [1.165, 1.54) is 5.56 Å². The minimum atomic E-state index is -0.118. The largest absolute Gasteiger partial charge is 0.465 e. The average molecular weight is 202 g/mol. The lowest BCUT2D eigenvalue weighted by atomic mass is 9.83. The molecule has 78 valence electrons. The molecule has 1 fully saturated rings. The molecule has 1 aliphatic rings. The summed E-state index contributed by atoms with van der Waals surface area (Å²) >= 11 is 0. The molecule has 15 heavy (non-hydrogen) atoms. The Bertz CT molecular complexity index is 356. The molecule has 1 aromatic rings. The quantitative estimate of drug-likeness (QED) is 0.544. The Balaban J connectivity index is 2.21. The maximum atomic E-state index is 11.1. The molecule has 1 aromatic carbocycles. The minimum Gasteiger partial charge on any atom is -0.465 e. The summed E-state index contributed by atoms with van der Waals surface area (Å²) in [6.45, 7) is 4.26. The number of esters is 1. The predicted octanol–water partition coefficient (Wildman–Crippen LogP) is 2.52. The number of cyclic esters (lactones) is 1. The van der Waals surface area contributed by atoms with E-state index >= 15 is 0 Å². The smallest absolute Gasteiger partial charge is 0.306 e. The van der Waals surface area contributed by atoms with Crippen molar-refractivity contribution >= 4 is 5.97 Å². The van der Waals surface area contributed by atoms with Gasteiger partial charge < -0.3 is 4.74 Å². The summed E-state index contributed by atoms with van der Waals surface area (Å²) in [5, 5.41) is 0. The SMILES string of the molecule is C=C[C@@H]1CC(=O)OC[C@H]1c1ccccc1. The third kappa shape index (κ3) is 2.09. The van der Waals surface area contributed by atoms with E-state index in [1.54, 1.807) is 0 Å². The van der Waals surface area contributed by atoms with Gasteiger partial charge in [0.15, 0.2) is 0 Å². The number of hydrogen-bond acceptors (Lipinski definition) is 2. The Kier molecular flexibility index (Phi) is 2.86. The van der Waals surface area contributed by atoms with Crippen LogP contribution in [0.15, 0.2) is 43.0 Å². The van der Waals surface area contributed by atoms with Crippen LogP contribution in [0.3, 0.4) is 0 Å². The maximum absolute atomic E-state index is 11.1. The lowest BCUT2D eigenvalue weighted by Crippen LogP contribution is -2.27. The highest BCUT2D eigenvalue weighted by molar-refractivity contribution is 5.71. The van der Waals surface area contributed by atoms with Gasteiger partial charge in [0.2, 0.25) is 0 Å². The van der Waals surface area contributed by atoms with Crippen LogP contribution in [0, 0.1) is 5.92 Å². The van der Waals surface area contributed by atoms with Crippen molar-refractivity contribution in [1.29, 1.82) is 0 Å². The van der Waals surface area contributed by atoms with Crippen molar-refractivity contribution < 1.29 is 9.53 Å². The molecular formula is C13H14O2. The molecule has 1 heterocycles. The highest BCUT2D eigenvalue weighted by atomic mass is 16.5. The Morgan fingerprint density at radius 2 is 2.07 bits per heavy atom. The Labute approximate surface area is 89.6 Å². The van der Waals surface area contributed by atoms with E-state index < -0.39 is 0 Å². The summed E-state index contributed by atoms with van der Waals surface area (Å²) in [5.74, 6) is 0.349. The third-order valence-electron chi connectivity index (χ3n) is 2.87. The van der Waals surface area contributed by atoms with E-state index in [0.29, 0.717) is 13.0 Å². The van der Waals surface area contributed by atoms with Crippen molar-refractivity contribution in [1.82, 2.24) is 0 Å². The molecule has 0 radical (unpaired) electrons. The van der Waals surface area contributed by atoms with Gasteiger partial charge in [0.05, 0.1) is 13.0 Å². The van der Waals surface area contributed by atoms with Crippen molar-refractivity contribution in [3.63, 3.8) is 0 Å². The van der Waals surface area contributed by atoms with Crippen LogP contribution in [-0.4, -0.2) is 12.6 Å². The van der Waals surface area contributed by atoms with Gasteiger partial charge in [-0.15, -0.1) is 6.58 Å². The molecule has 0 amide bonds. The predicted molar refractivity (Wildman–Crippen MR) is 58.4 cm³/mol. The summed E-state index contributed by atoms with van der Waals surface area (Å²) in [7, 11) is 0. The Hall–Kier alpha value is -1.57. The van der Waals surface area contributed by atoms with Crippen molar-refractivity contribution in [3.05, 3.63) is 48.6 Å². The van der Waals surface area contributed by atoms with Crippen LogP contribution in [-0.2, 0) is 9.53 Å². The van der Waals surface area contributed by atoms with E-state index in [2.05, 4.69) is 18.7 Å². The first-order valence-electron chi connectivity index (χ1n) is 5.14. The first kappa shape index (κ1) is 9.97. The summed E-state index contributed by atoms with van der Waals surface area (Å²) in [6.07, 6.45) is 2.31. The average Bonchev–Trinajstić information content (AvgIpc) is 2.30. The molecule has 0 saturated carbocycles. The number of ether oxygens (including phenoxy) is 1. The van der Waals surface area contributed by atoms with Gasteiger partial charge in [0, 0.05) is 5.92 Å². The van der Waals surface area contributed by atoms with Gasteiger partial charge in [0.1, 0.15) is 0 Å². The maximum Gasteiger partial charge on any atom is 0.306 e. The number of carbonyl (C=O) groups is 1. The highest BCUT2D eigenvalue weighted by Crippen LogP contribution is 2.32. The summed E-state index contributed by atoms with van der Waals surface area (Å²) in [6, 6.07) is 10.1. The molecule has 1 aliphatic heterocycles. The second-order valence-electron chi connectivity index (χ2n) is 3.80. The molecule has 0 N–H and O–H groups in total. The van der Waals surface area contributed by atoms with Gasteiger partial charge in [-0.25, -0.2) is 0 Å². The first-order valence-corrected chi connectivity index (χ1v) is 5.14. The standard InChI is InChI=1S/C13H14O2/c1-2-10-8-13(14)15-9-12(10)11-6-4-3-5-7-11/h2-7,10,12H,1,8-9H2/t10-,12-/m1/s1. The van der Waals surface area contributed by atoms with Gasteiger partial charge in [0.25, 0.3) is 0 Å². The van der Waals surface area contributed by atoms with Crippen LogP contribution in [0.25, 0.3) is 0 Å². The number of hydrogen-bond donors (Lipinski definition) is 0. The molecule has 0 aliphatic carbocycles. The summed E-state index contributed by atoms with van der Waals surface area (Å²) in [5.41, 5.74) is 1.22. The van der Waals surface area contributed by atoms with Gasteiger partial charge in [-0.1, -0.05) is 36.4 Å². The van der Waals surface area contributed by atoms with E-state index in [9.17, 15) is 4.79 Å². The van der Waals surface area contributed by atoms with Crippen LogP contribution < -0.4 is 0 Å². The van der Waals surface area contributed by atoms with Crippen molar-refractivity contribution in [2.75, 3.05) is 6.61 Å². The van der Waals surface area contributed by atoms with Crippen LogP contribution in [0.4, 0.5) is 0 Å². The van der Waals surface area contributed by atoms with Gasteiger partial charge in [-0.05, 0) is 11.5 Å². The Morgan fingerprint density at radius 3 is 2.73 bits per heavy atom. The number of carbonyl (C=O) groups excluding carboxylic acids is 1. The van der Waals surface area contributed by atoms with Crippen molar-refractivity contribution in [2.24, 2.45) is 5.92 Å². The van der Waals surface area contributed by atoms with Crippen LogP contribution in [0.2, 0.25) is 0 Å².